The fraction of sp³-hybridized carbons (Fsp3) is 1.00. The fourth-order valence-corrected chi connectivity index (χ4v) is 3.42. The van der Waals surface area contributed by atoms with Crippen molar-refractivity contribution in [1.29, 1.82) is 0 Å². The summed E-state index contributed by atoms with van der Waals surface area (Å²) in [5, 5.41) is 9.65. The minimum atomic E-state index is 0.373. The zero-order valence-corrected chi connectivity index (χ0v) is 11.4. The zero-order valence-electron chi connectivity index (χ0n) is 11.4. The minimum absolute atomic E-state index is 0.373. The van der Waals surface area contributed by atoms with Gasteiger partial charge >= 0.3 is 0 Å². The number of aliphatic hydroxyl groups is 1. The highest BCUT2D eigenvalue weighted by Crippen LogP contribution is 2.27. The van der Waals surface area contributed by atoms with Crippen LogP contribution in [0.3, 0.4) is 0 Å². The van der Waals surface area contributed by atoms with Crippen LogP contribution in [-0.2, 0) is 0 Å². The Labute approximate surface area is 106 Å². The van der Waals surface area contributed by atoms with E-state index in [4.69, 9.17) is 0 Å². The van der Waals surface area contributed by atoms with Crippen molar-refractivity contribution in [3.63, 3.8) is 0 Å². The Kier molecular flexibility index (Phi) is 4.83. The monoisotopic (exact) mass is 240 g/mol. The maximum absolute atomic E-state index is 9.65. The molecule has 2 heterocycles. The van der Waals surface area contributed by atoms with E-state index in [-0.39, 0.29) is 0 Å². The number of rotatable bonds is 4. The zero-order chi connectivity index (χ0) is 12.3. The molecule has 0 amide bonds. The molecule has 1 N–H and O–H groups in total. The molecule has 2 aliphatic rings. The first-order valence-corrected chi connectivity index (χ1v) is 7.24. The second-order valence-corrected chi connectivity index (χ2v) is 6.07. The maximum atomic E-state index is 9.65. The third-order valence-corrected chi connectivity index (χ3v) is 4.82. The molecule has 0 saturated carbocycles. The van der Waals surface area contributed by atoms with E-state index < -0.39 is 0 Å². The average Bonchev–Trinajstić information content (AvgIpc) is 2.73. The molecule has 0 aromatic carbocycles. The molecule has 0 aromatic rings. The highest BCUT2D eigenvalue weighted by Gasteiger charge is 2.29. The van der Waals surface area contributed by atoms with Crippen LogP contribution in [0, 0.1) is 11.8 Å². The Morgan fingerprint density at radius 2 is 1.88 bits per heavy atom. The van der Waals surface area contributed by atoms with E-state index in [1.807, 2.05) is 0 Å². The first-order chi connectivity index (χ1) is 8.20. The largest absolute Gasteiger partial charge is 0.396 e. The van der Waals surface area contributed by atoms with Crippen molar-refractivity contribution in [2.24, 2.45) is 11.8 Å². The lowest BCUT2D eigenvalue weighted by atomic mass is 9.84. The van der Waals surface area contributed by atoms with Gasteiger partial charge in [-0.15, -0.1) is 0 Å². The fourth-order valence-electron chi connectivity index (χ4n) is 3.42. The molecule has 3 nitrogen and oxygen atoms in total. The van der Waals surface area contributed by atoms with Crippen LogP contribution < -0.4 is 0 Å². The minimum Gasteiger partial charge on any atom is -0.396 e. The summed E-state index contributed by atoms with van der Waals surface area (Å²) in [4.78, 5) is 4.99. The molecule has 2 unspecified atom stereocenters. The summed E-state index contributed by atoms with van der Waals surface area (Å²) >= 11 is 0. The summed E-state index contributed by atoms with van der Waals surface area (Å²) in [6.07, 6.45) is 5.21. The van der Waals surface area contributed by atoms with Crippen LogP contribution in [0.1, 0.15) is 32.6 Å². The molecule has 2 atom stereocenters. The summed E-state index contributed by atoms with van der Waals surface area (Å²) in [6.45, 7) is 7.47. The van der Waals surface area contributed by atoms with Gasteiger partial charge in [0.2, 0.25) is 0 Å². The Balaban J connectivity index is 1.83. The van der Waals surface area contributed by atoms with Crippen LogP contribution in [-0.4, -0.2) is 60.8 Å². The molecule has 2 aliphatic heterocycles. The quantitative estimate of drug-likeness (QED) is 0.805. The van der Waals surface area contributed by atoms with E-state index in [9.17, 15) is 5.11 Å². The van der Waals surface area contributed by atoms with Gasteiger partial charge in [-0.2, -0.15) is 0 Å². The van der Waals surface area contributed by atoms with Gasteiger partial charge in [0.25, 0.3) is 0 Å². The lowest BCUT2D eigenvalue weighted by molar-refractivity contribution is 0.0833. The third kappa shape index (κ3) is 3.43. The molecule has 17 heavy (non-hydrogen) atoms. The first kappa shape index (κ1) is 13.3. The third-order valence-electron chi connectivity index (χ3n) is 4.82. The van der Waals surface area contributed by atoms with Crippen molar-refractivity contribution in [2.45, 2.75) is 38.6 Å². The van der Waals surface area contributed by atoms with Gasteiger partial charge in [0, 0.05) is 19.2 Å². The van der Waals surface area contributed by atoms with Crippen molar-refractivity contribution < 1.29 is 5.11 Å². The van der Waals surface area contributed by atoms with Crippen LogP contribution >= 0.6 is 0 Å². The van der Waals surface area contributed by atoms with Gasteiger partial charge in [0.15, 0.2) is 0 Å². The Morgan fingerprint density at radius 3 is 2.41 bits per heavy atom. The van der Waals surface area contributed by atoms with E-state index in [1.165, 1.54) is 45.3 Å². The van der Waals surface area contributed by atoms with Gasteiger partial charge in [0.05, 0.1) is 0 Å². The number of hydrogen-bond donors (Lipinski definition) is 1. The van der Waals surface area contributed by atoms with Crippen LogP contribution in [0.4, 0.5) is 0 Å². The molecular weight excluding hydrogens is 212 g/mol. The summed E-state index contributed by atoms with van der Waals surface area (Å²) in [5.74, 6) is 1.24. The molecule has 0 aliphatic carbocycles. The summed E-state index contributed by atoms with van der Waals surface area (Å²) in [7, 11) is 2.20. The van der Waals surface area contributed by atoms with E-state index in [0.29, 0.717) is 12.5 Å². The maximum Gasteiger partial charge on any atom is 0.0474 e. The average molecular weight is 240 g/mol. The lowest BCUT2D eigenvalue weighted by Gasteiger charge is -2.36. The smallest absolute Gasteiger partial charge is 0.0474 e. The lowest BCUT2D eigenvalue weighted by Crippen LogP contribution is -2.40. The molecule has 2 rings (SSSR count). The normalized spacial score (nSPS) is 30.9. The molecule has 0 spiro atoms. The predicted octanol–water partition coefficient (Wildman–Crippen LogP) is 1.42. The number of likely N-dealkylation sites (tertiary alicyclic amines) is 2. The Hall–Kier alpha value is -0.120. The van der Waals surface area contributed by atoms with Crippen LogP contribution in [0.25, 0.3) is 0 Å². The van der Waals surface area contributed by atoms with Crippen molar-refractivity contribution in [2.75, 3.05) is 39.8 Å². The SMILES string of the molecule is CC1CCCN1CC(CO)C1CCN(C)CC1. The molecule has 0 aromatic heterocycles. The second-order valence-electron chi connectivity index (χ2n) is 6.07. The topological polar surface area (TPSA) is 26.7 Å². The number of hydrogen-bond acceptors (Lipinski definition) is 3. The highest BCUT2D eigenvalue weighted by atomic mass is 16.3. The molecule has 0 bridgehead atoms. The standard InChI is InChI=1S/C14H28N2O/c1-12-4-3-7-16(12)10-14(11-17)13-5-8-15(2)9-6-13/h12-14,17H,3-11H2,1-2H3. The van der Waals surface area contributed by atoms with E-state index in [2.05, 4.69) is 23.8 Å². The van der Waals surface area contributed by atoms with Gasteiger partial charge in [-0.3, -0.25) is 0 Å². The van der Waals surface area contributed by atoms with E-state index >= 15 is 0 Å². The summed E-state index contributed by atoms with van der Waals surface area (Å²) in [6, 6.07) is 0.732. The number of nitrogens with zero attached hydrogens (tertiary/aromatic N) is 2. The molecule has 100 valence electrons. The van der Waals surface area contributed by atoms with Gasteiger partial charge in [0.1, 0.15) is 0 Å². The van der Waals surface area contributed by atoms with Gasteiger partial charge in [-0.05, 0) is 71.1 Å². The molecule has 3 heteroatoms. The molecular formula is C14H28N2O. The second kappa shape index (κ2) is 6.17. The van der Waals surface area contributed by atoms with Crippen LogP contribution in [0.5, 0.6) is 0 Å². The van der Waals surface area contributed by atoms with E-state index in [0.717, 1.165) is 18.5 Å². The summed E-state index contributed by atoms with van der Waals surface area (Å²) < 4.78 is 0. The van der Waals surface area contributed by atoms with Crippen molar-refractivity contribution >= 4 is 0 Å². The summed E-state index contributed by atoms with van der Waals surface area (Å²) in [5.41, 5.74) is 0. The Morgan fingerprint density at radius 1 is 1.18 bits per heavy atom. The van der Waals surface area contributed by atoms with E-state index in [1.54, 1.807) is 0 Å². The van der Waals surface area contributed by atoms with Gasteiger partial charge < -0.3 is 14.9 Å². The molecule has 2 saturated heterocycles. The molecule has 0 radical (unpaired) electrons. The van der Waals surface area contributed by atoms with Crippen molar-refractivity contribution in [1.82, 2.24) is 9.80 Å². The first-order valence-electron chi connectivity index (χ1n) is 7.24. The predicted molar refractivity (Wildman–Crippen MR) is 71.1 cm³/mol. The number of aliphatic hydroxyl groups excluding tert-OH is 1. The van der Waals surface area contributed by atoms with Gasteiger partial charge in [-0.1, -0.05) is 0 Å². The van der Waals surface area contributed by atoms with Crippen LogP contribution in [0.2, 0.25) is 0 Å². The number of piperidine rings is 1. The van der Waals surface area contributed by atoms with Crippen molar-refractivity contribution in [3.8, 4) is 0 Å². The van der Waals surface area contributed by atoms with Gasteiger partial charge in [-0.25, -0.2) is 0 Å². The highest BCUT2D eigenvalue weighted by molar-refractivity contribution is 4.82. The molecule has 2 fully saturated rings. The van der Waals surface area contributed by atoms with Crippen LogP contribution in [0.15, 0.2) is 0 Å². The van der Waals surface area contributed by atoms with Crippen molar-refractivity contribution in [3.05, 3.63) is 0 Å². The Bertz CT molecular complexity index is 226.